The first-order valence-electron chi connectivity index (χ1n) is 8.02. The molecule has 0 heterocycles. The zero-order chi connectivity index (χ0) is 16.7. The summed E-state index contributed by atoms with van der Waals surface area (Å²) < 4.78 is 15.6. The molecule has 0 aromatic heterocycles. The standard InChI is InChI=1S/C17H24ClNO4/c1-3-22-15-9-12(10-19-13-6-4-5-7-13)8-14(18)17(15)23-11-16(20)21-2/h8-9,13,19H,3-7,10-11H2,1-2H3. The van der Waals surface area contributed by atoms with Crippen molar-refractivity contribution in [3.63, 3.8) is 0 Å². The number of rotatable bonds is 8. The topological polar surface area (TPSA) is 56.8 Å². The molecular formula is C17H24ClNO4. The normalized spacial score (nSPS) is 14.7. The number of carbonyl (C=O) groups excluding carboxylic acids is 1. The van der Waals surface area contributed by atoms with Crippen molar-refractivity contribution >= 4 is 17.6 Å². The van der Waals surface area contributed by atoms with Crippen molar-refractivity contribution in [3.05, 3.63) is 22.7 Å². The molecule has 5 nitrogen and oxygen atoms in total. The van der Waals surface area contributed by atoms with Crippen molar-refractivity contribution in [1.82, 2.24) is 5.32 Å². The predicted octanol–water partition coefficient (Wildman–Crippen LogP) is 3.32. The van der Waals surface area contributed by atoms with Crippen molar-refractivity contribution in [3.8, 4) is 11.5 Å². The third-order valence-corrected chi connectivity index (χ3v) is 4.16. The Kier molecular flexibility index (Phi) is 6.99. The number of benzene rings is 1. The summed E-state index contributed by atoms with van der Waals surface area (Å²) in [4.78, 5) is 11.2. The molecule has 23 heavy (non-hydrogen) atoms. The minimum atomic E-state index is -0.463. The zero-order valence-electron chi connectivity index (χ0n) is 13.7. The molecule has 128 valence electrons. The summed E-state index contributed by atoms with van der Waals surface area (Å²) in [5.41, 5.74) is 1.04. The van der Waals surface area contributed by atoms with Crippen molar-refractivity contribution in [2.45, 2.75) is 45.2 Å². The molecule has 0 bridgehead atoms. The Morgan fingerprint density at radius 3 is 2.70 bits per heavy atom. The van der Waals surface area contributed by atoms with Crippen molar-refractivity contribution in [2.24, 2.45) is 0 Å². The molecule has 0 spiro atoms. The maximum absolute atomic E-state index is 11.2. The van der Waals surface area contributed by atoms with Gasteiger partial charge in [-0.1, -0.05) is 24.4 Å². The molecular weight excluding hydrogens is 318 g/mol. The van der Waals surface area contributed by atoms with Crippen LogP contribution in [-0.2, 0) is 16.1 Å². The van der Waals surface area contributed by atoms with E-state index in [-0.39, 0.29) is 6.61 Å². The summed E-state index contributed by atoms with van der Waals surface area (Å²) in [6.07, 6.45) is 5.05. The molecule has 1 aromatic carbocycles. The molecule has 1 aliphatic carbocycles. The van der Waals surface area contributed by atoms with Crippen LogP contribution in [-0.4, -0.2) is 32.3 Å². The van der Waals surface area contributed by atoms with E-state index in [0.29, 0.717) is 29.2 Å². The monoisotopic (exact) mass is 341 g/mol. The van der Waals surface area contributed by atoms with Crippen molar-refractivity contribution in [1.29, 1.82) is 0 Å². The van der Waals surface area contributed by atoms with E-state index in [4.69, 9.17) is 21.1 Å². The van der Waals surface area contributed by atoms with E-state index >= 15 is 0 Å². The smallest absolute Gasteiger partial charge is 0.343 e. The largest absolute Gasteiger partial charge is 0.490 e. The van der Waals surface area contributed by atoms with Crippen LogP contribution in [0.25, 0.3) is 0 Å². The van der Waals surface area contributed by atoms with Crippen LogP contribution in [0.15, 0.2) is 12.1 Å². The lowest BCUT2D eigenvalue weighted by atomic mass is 10.1. The minimum absolute atomic E-state index is 0.198. The molecule has 1 aromatic rings. The molecule has 2 rings (SSSR count). The predicted molar refractivity (Wildman–Crippen MR) is 89.2 cm³/mol. The Bertz CT molecular complexity index is 530. The lowest BCUT2D eigenvalue weighted by Gasteiger charge is -2.16. The number of ether oxygens (including phenoxy) is 3. The van der Waals surface area contributed by atoms with Crippen LogP contribution >= 0.6 is 11.6 Å². The maximum Gasteiger partial charge on any atom is 0.343 e. The van der Waals surface area contributed by atoms with Gasteiger partial charge >= 0.3 is 5.97 Å². The van der Waals surface area contributed by atoms with Gasteiger partial charge in [0.1, 0.15) is 0 Å². The fourth-order valence-electron chi connectivity index (χ4n) is 2.71. The first kappa shape index (κ1) is 17.9. The van der Waals surface area contributed by atoms with Gasteiger partial charge in [-0.25, -0.2) is 4.79 Å². The first-order chi connectivity index (χ1) is 11.1. The van der Waals surface area contributed by atoms with Gasteiger partial charge in [0.15, 0.2) is 18.1 Å². The quantitative estimate of drug-likeness (QED) is 0.735. The Hall–Kier alpha value is -1.46. The average molecular weight is 342 g/mol. The molecule has 1 fully saturated rings. The van der Waals surface area contributed by atoms with Gasteiger partial charge in [0.05, 0.1) is 18.7 Å². The number of hydrogen-bond acceptors (Lipinski definition) is 5. The number of esters is 1. The average Bonchev–Trinajstić information content (AvgIpc) is 3.05. The highest BCUT2D eigenvalue weighted by molar-refractivity contribution is 6.32. The Balaban J connectivity index is 2.07. The Labute approximate surface area is 142 Å². The van der Waals surface area contributed by atoms with Gasteiger partial charge in [-0.3, -0.25) is 0 Å². The van der Waals surface area contributed by atoms with E-state index in [1.807, 2.05) is 19.1 Å². The van der Waals surface area contributed by atoms with E-state index < -0.39 is 5.97 Å². The van der Waals surface area contributed by atoms with Gasteiger partial charge in [0.25, 0.3) is 0 Å². The highest BCUT2D eigenvalue weighted by Gasteiger charge is 2.17. The van der Waals surface area contributed by atoms with Gasteiger partial charge in [0, 0.05) is 12.6 Å². The zero-order valence-corrected chi connectivity index (χ0v) is 14.4. The molecule has 1 saturated carbocycles. The first-order valence-corrected chi connectivity index (χ1v) is 8.40. The molecule has 0 saturated heterocycles. The van der Waals surface area contributed by atoms with Crippen molar-refractivity contribution < 1.29 is 19.0 Å². The third-order valence-electron chi connectivity index (χ3n) is 3.88. The van der Waals surface area contributed by atoms with Gasteiger partial charge in [-0.15, -0.1) is 0 Å². The summed E-state index contributed by atoms with van der Waals surface area (Å²) in [5, 5.41) is 3.98. The highest BCUT2D eigenvalue weighted by Crippen LogP contribution is 2.37. The molecule has 6 heteroatoms. The molecule has 0 amide bonds. The summed E-state index contributed by atoms with van der Waals surface area (Å²) in [7, 11) is 1.31. The number of methoxy groups -OCH3 is 1. The number of hydrogen-bond donors (Lipinski definition) is 1. The fourth-order valence-corrected chi connectivity index (χ4v) is 3.00. The fraction of sp³-hybridized carbons (Fsp3) is 0.588. The van der Waals surface area contributed by atoms with Crippen LogP contribution in [0.5, 0.6) is 11.5 Å². The van der Waals surface area contributed by atoms with Crippen LogP contribution in [0, 0.1) is 0 Å². The number of nitrogens with one attached hydrogen (secondary N) is 1. The van der Waals surface area contributed by atoms with E-state index in [1.165, 1.54) is 32.8 Å². The molecule has 0 aliphatic heterocycles. The lowest BCUT2D eigenvalue weighted by Crippen LogP contribution is -2.25. The second-order valence-electron chi connectivity index (χ2n) is 5.57. The maximum atomic E-state index is 11.2. The molecule has 0 atom stereocenters. The summed E-state index contributed by atoms with van der Waals surface area (Å²) >= 11 is 6.31. The Morgan fingerprint density at radius 2 is 2.04 bits per heavy atom. The van der Waals surface area contributed by atoms with Gasteiger partial charge in [-0.2, -0.15) is 0 Å². The molecule has 1 aliphatic rings. The highest BCUT2D eigenvalue weighted by atomic mass is 35.5. The van der Waals surface area contributed by atoms with E-state index in [0.717, 1.165) is 12.1 Å². The van der Waals surface area contributed by atoms with E-state index in [1.54, 1.807) is 0 Å². The molecule has 0 unspecified atom stereocenters. The minimum Gasteiger partial charge on any atom is -0.490 e. The van der Waals surface area contributed by atoms with Crippen LogP contribution in [0.2, 0.25) is 5.02 Å². The van der Waals surface area contributed by atoms with Gasteiger partial charge < -0.3 is 19.5 Å². The SMILES string of the molecule is CCOc1cc(CNC2CCCC2)cc(Cl)c1OCC(=O)OC. The number of halogens is 1. The lowest BCUT2D eigenvalue weighted by molar-refractivity contribution is -0.142. The summed E-state index contributed by atoms with van der Waals surface area (Å²) in [5.74, 6) is 0.464. The van der Waals surface area contributed by atoms with Gasteiger partial charge in [-0.05, 0) is 37.5 Å². The van der Waals surface area contributed by atoms with E-state index in [2.05, 4.69) is 10.1 Å². The second kappa shape index (κ2) is 8.99. The third kappa shape index (κ3) is 5.29. The summed E-state index contributed by atoms with van der Waals surface area (Å²) in [6, 6.07) is 4.34. The molecule has 1 N–H and O–H groups in total. The molecule has 0 radical (unpaired) electrons. The summed E-state index contributed by atoms with van der Waals surface area (Å²) in [6.45, 7) is 2.92. The second-order valence-corrected chi connectivity index (χ2v) is 5.97. The van der Waals surface area contributed by atoms with Crippen LogP contribution < -0.4 is 14.8 Å². The van der Waals surface area contributed by atoms with E-state index in [9.17, 15) is 4.79 Å². The van der Waals surface area contributed by atoms with Gasteiger partial charge in [0.2, 0.25) is 0 Å². The van der Waals surface area contributed by atoms with Crippen LogP contribution in [0.4, 0.5) is 0 Å². The van der Waals surface area contributed by atoms with Crippen molar-refractivity contribution in [2.75, 3.05) is 20.3 Å². The van der Waals surface area contributed by atoms with Crippen LogP contribution in [0.3, 0.4) is 0 Å². The van der Waals surface area contributed by atoms with Crippen LogP contribution in [0.1, 0.15) is 38.2 Å². The Morgan fingerprint density at radius 1 is 1.30 bits per heavy atom. The number of carbonyl (C=O) groups is 1.